The number of H-pyrrole nitrogens is 1. The Hall–Kier alpha value is -2.00. The second-order valence-corrected chi connectivity index (χ2v) is 4.70. The van der Waals surface area contributed by atoms with Gasteiger partial charge in [-0.3, -0.25) is 0 Å². The zero-order valence-corrected chi connectivity index (χ0v) is 10.4. The van der Waals surface area contributed by atoms with Gasteiger partial charge in [0.05, 0.1) is 11.0 Å². The van der Waals surface area contributed by atoms with Crippen LogP contribution in [0.4, 0.5) is 5.69 Å². The number of aromatic amines is 1. The molecule has 0 spiro atoms. The Bertz CT molecular complexity index is 703. The number of rotatable bonds is 2. The van der Waals surface area contributed by atoms with Crippen LogP contribution in [-0.4, -0.2) is 9.97 Å². The molecule has 0 aliphatic heterocycles. The number of benzene rings is 2. The number of nitrogen functional groups attached to an aromatic ring is 1. The van der Waals surface area contributed by atoms with Crippen LogP contribution >= 0.6 is 11.6 Å². The summed E-state index contributed by atoms with van der Waals surface area (Å²) in [6.45, 7) is 0. The van der Waals surface area contributed by atoms with Crippen LogP contribution in [0.2, 0.25) is 5.02 Å². The Kier molecular flexibility index (Phi) is 2.68. The van der Waals surface area contributed by atoms with Gasteiger partial charge < -0.3 is 10.7 Å². The Balaban J connectivity index is 1.95. The summed E-state index contributed by atoms with van der Waals surface area (Å²) in [6, 6.07) is 13.5. The maximum atomic E-state index is 5.94. The first-order valence-electron chi connectivity index (χ1n) is 5.69. The molecule has 0 aliphatic carbocycles. The number of fused-ring (bicyclic) bond motifs is 1. The highest BCUT2D eigenvalue weighted by Gasteiger charge is 2.04. The van der Waals surface area contributed by atoms with E-state index in [9.17, 15) is 0 Å². The van der Waals surface area contributed by atoms with E-state index in [1.54, 1.807) is 0 Å². The van der Waals surface area contributed by atoms with Crippen molar-refractivity contribution in [1.82, 2.24) is 9.97 Å². The summed E-state index contributed by atoms with van der Waals surface area (Å²) in [5, 5.41) is 0.710. The molecule has 3 nitrogen and oxygen atoms in total. The monoisotopic (exact) mass is 257 g/mol. The number of halogens is 1. The summed E-state index contributed by atoms with van der Waals surface area (Å²) in [5.41, 5.74) is 9.56. The zero-order valence-electron chi connectivity index (χ0n) is 9.65. The van der Waals surface area contributed by atoms with E-state index in [-0.39, 0.29) is 0 Å². The minimum absolute atomic E-state index is 0.710. The van der Waals surface area contributed by atoms with Crippen molar-refractivity contribution in [2.24, 2.45) is 0 Å². The molecule has 1 heterocycles. The van der Waals surface area contributed by atoms with Crippen molar-refractivity contribution in [3.8, 4) is 0 Å². The summed E-state index contributed by atoms with van der Waals surface area (Å²) >= 11 is 5.94. The molecular formula is C14H12ClN3. The van der Waals surface area contributed by atoms with Crippen LogP contribution in [0.15, 0.2) is 42.5 Å². The summed E-state index contributed by atoms with van der Waals surface area (Å²) in [6.07, 6.45) is 0.733. The third kappa shape index (κ3) is 2.17. The van der Waals surface area contributed by atoms with Crippen molar-refractivity contribution in [1.29, 1.82) is 0 Å². The molecule has 0 amide bonds. The molecule has 1 aromatic heterocycles. The van der Waals surface area contributed by atoms with E-state index in [2.05, 4.69) is 9.97 Å². The van der Waals surface area contributed by atoms with Crippen molar-refractivity contribution in [2.75, 3.05) is 5.73 Å². The molecule has 0 aliphatic rings. The maximum Gasteiger partial charge on any atom is 0.111 e. The summed E-state index contributed by atoms with van der Waals surface area (Å²) < 4.78 is 0. The topological polar surface area (TPSA) is 54.7 Å². The van der Waals surface area contributed by atoms with Gasteiger partial charge in [0.2, 0.25) is 0 Å². The average Bonchev–Trinajstić information content (AvgIpc) is 2.70. The Morgan fingerprint density at radius 3 is 2.89 bits per heavy atom. The van der Waals surface area contributed by atoms with Crippen LogP contribution < -0.4 is 5.73 Å². The van der Waals surface area contributed by atoms with Crippen LogP contribution in [-0.2, 0) is 6.42 Å². The first-order chi connectivity index (χ1) is 8.70. The highest BCUT2D eigenvalue weighted by Crippen LogP contribution is 2.19. The summed E-state index contributed by atoms with van der Waals surface area (Å²) in [7, 11) is 0. The van der Waals surface area contributed by atoms with E-state index < -0.39 is 0 Å². The Morgan fingerprint density at radius 2 is 2.06 bits per heavy atom. The molecule has 2 aromatic carbocycles. The largest absolute Gasteiger partial charge is 0.399 e. The van der Waals surface area contributed by atoms with Crippen LogP contribution in [0.1, 0.15) is 11.4 Å². The average molecular weight is 258 g/mol. The van der Waals surface area contributed by atoms with Gasteiger partial charge in [0.1, 0.15) is 5.82 Å². The number of imidazole rings is 1. The molecule has 18 heavy (non-hydrogen) atoms. The number of nitrogens with one attached hydrogen (secondary N) is 1. The minimum atomic E-state index is 0.710. The van der Waals surface area contributed by atoms with E-state index in [1.807, 2.05) is 42.5 Å². The fraction of sp³-hybridized carbons (Fsp3) is 0.0714. The molecule has 0 fully saturated rings. The molecule has 0 radical (unpaired) electrons. The standard InChI is InChI=1S/C14H12ClN3/c15-10-4-5-12-13(8-10)18-14(17-12)7-9-2-1-3-11(16)6-9/h1-6,8H,7,16H2,(H,17,18). The van der Waals surface area contributed by atoms with Crippen molar-refractivity contribution in [3.05, 3.63) is 58.9 Å². The molecule has 3 aromatic rings. The van der Waals surface area contributed by atoms with Crippen LogP contribution in [0.3, 0.4) is 0 Å². The second kappa shape index (κ2) is 4.35. The summed E-state index contributed by atoms with van der Waals surface area (Å²) in [4.78, 5) is 7.79. The van der Waals surface area contributed by atoms with Crippen molar-refractivity contribution < 1.29 is 0 Å². The number of nitrogens with two attached hydrogens (primary N) is 1. The molecule has 0 saturated heterocycles. The SMILES string of the molecule is Nc1cccc(Cc2nc3ccc(Cl)cc3[nH]2)c1. The first kappa shape index (κ1) is 11.1. The highest BCUT2D eigenvalue weighted by atomic mass is 35.5. The van der Waals surface area contributed by atoms with Crippen LogP contribution in [0.25, 0.3) is 11.0 Å². The molecule has 4 heteroatoms. The van der Waals surface area contributed by atoms with Gasteiger partial charge in [-0.25, -0.2) is 4.98 Å². The molecule has 0 unspecified atom stereocenters. The Morgan fingerprint density at radius 1 is 1.17 bits per heavy atom. The number of hydrogen-bond donors (Lipinski definition) is 2. The first-order valence-corrected chi connectivity index (χ1v) is 6.07. The number of nitrogens with zero attached hydrogens (tertiary/aromatic N) is 1. The van der Waals surface area contributed by atoms with E-state index in [0.29, 0.717) is 5.02 Å². The van der Waals surface area contributed by atoms with Crippen molar-refractivity contribution >= 4 is 28.3 Å². The predicted octanol–water partition coefficient (Wildman–Crippen LogP) is 3.39. The molecule has 0 saturated carbocycles. The minimum Gasteiger partial charge on any atom is -0.399 e. The smallest absolute Gasteiger partial charge is 0.111 e. The molecule has 0 bridgehead atoms. The number of anilines is 1. The normalized spacial score (nSPS) is 10.9. The van der Waals surface area contributed by atoms with Gasteiger partial charge in [0.15, 0.2) is 0 Å². The number of hydrogen-bond acceptors (Lipinski definition) is 2. The van der Waals surface area contributed by atoms with Gasteiger partial charge in [-0.1, -0.05) is 23.7 Å². The van der Waals surface area contributed by atoms with Gasteiger partial charge in [-0.15, -0.1) is 0 Å². The molecule has 3 rings (SSSR count). The van der Waals surface area contributed by atoms with E-state index in [0.717, 1.165) is 34.5 Å². The fourth-order valence-corrected chi connectivity index (χ4v) is 2.19. The highest BCUT2D eigenvalue weighted by molar-refractivity contribution is 6.31. The van der Waals surface area contributed by atoms with Gasteiger partial charge in [-0.05, 0) is 35.9 Å². The van der Waals surface area contributed by atoms with Crippen molar-refractivity contribution in [3.63, 3.8) is 0 Å². The lowest BCUT2D eigenvalue weighted by Crippen LogP contribution is -1.92. The van der Waals surface area contributed by atoms with Crippen LogP contribution in [0.5, 0.6) is 0 Å². The van der Waals surface area contributed by atoms with E-state index in [4.69, 9.17) is 17.3 Å². The third-order valence-corrected chi connectivity index (χ3v) is 3.05. The maximum absolute atomic E-state index is 5.94. The fourth-order valence-electron chi connectivity index (χ4n) is 2.01. The van der Waals surface area contributed by atoms with Gasteiger partial charge in [0, 0.05) is 17.1 Å². The third-order valence-electron chi connectivity index (χ3n) is 2.82. The number of aromatic nitrogens is 2. The second-order valence-electron chi connectivity index (χ2n) is 4.27. The van der Waals surface area contributed by atoms with Gasteiger partial charge >= 0.3 is 0 Å². The lowest BCUT2D eigenvalue weighted by Gasteiger charge is -1.99. The molecule has 90 valence electrons. The quantitative estimate of drug-likeness (QED) is 0.692. The molecule has 0 atom stereocenters. The van der Waals surface area contributed by atoms with Crippen LogP contribution in [0, 0.1) is 0 Å². The summed E-state index contributed by atoms with van der Waals surface area (Å²) in [5.74, 6) is 0.915. The van der Waals surface area contributed by atoms with Gasteiger partial charge in [0.25, 0.3) is 0 Å². The lowest BCUT2D eigenvalue weighted by molar-refractivity contribution is 1.04. The van der Waals surface area contributed by atoms with E-state index in [1.165, 1.54) is 0 Å². The van der Waals surface area contributed by atoms with Gasteiger partial charge in [-0.2, -0.15) is 0 Å². The zero-order chi connectivity index (χ0) is 12.5. The lowest BCUT2D eigenvalue weighted by atomic mass is 10.1. The Labute approximate surface area is 110 Å². The predicted molar refractivity (Wildman–Crippen MR) is 74.8 cm³/mol. The molecular weight excluding hydrogens is 246 g/mol. The van der Waals surface area contributed by atoms with E-state index >= 15 is 0 Å². The van der Waals surface area contributed by atoms with Crippen molar-refractivity contribution in [2.45, 2.75) is 6.42 Å². The molecule has 3 N–H and O–H groups in total.